The SMILES string of the molecule is Cc1ccc(NC(=O)OC2CC(C)CCC2C(C)C)cc1. The van der Waals surface area contributed by atoms with Crippen LogP contribution in [0, 0.1) is 24.7 Å². The van der Waals surface area contributed by atoms with E-state index >= 15 is 0 Å². The van der Waals surface area contributed by atoms with Crippen molar-refractivity contribution in [2.24, 2.45) is 17.8 Å². The third-order valence-corrected chi connectivity index (χ3v) is 4.52. The highest BCUT2D eigenvalue weighted by atomic mass is 16.6. The number of carbonyl (C=O) groups excluding carboxylic acids is 1. The van der Waals surface area contributed by atoms with Gasteiger partial charge in [0.25, 0.3) is 0 Å². The van der Waals surface area contributed by atoms with Crippen molar-refractivity contribution in [2.75, 3.05) is 5.32 Å². The maximum Gasteiger partial charge on any atom is 0.411 e. The molecule has 3 atom stereocenters. The highest BCUT2D eigenvalue weighted by Gasteiger charge is 2.33. The Morgan fingerprint density at radius 1 is 1.24 bits per heavy atom. The molecule has 0 heterocycles. The van der Waals surface area contributed by atoms with Crippen LogP contribution in [0.5, 0.6) is 0 Å². The molecule has 3 unspecified atom stereocenters. The van der Waals surface area contributed by atoms with Crippen molar-refractivity contribution in [3.63, 3.8) is 0 Å². The molecular formula is C18H27NO2. The van der Waals surface area contributed by atoms with Gasteiger partial charge in [-0.25, -0.2) is 4.79 Å². The maximum absolute atomic E-state index is 12.1. The number of ether oxygens (including phenoxy) is 1. The Hall–Kier alpha value is -1.51. The van der Waals surface area contributed by atoms with E-state index in [1.54, 1.807) is 0 Å². The van der Waals surface area contributed by atoms with E-state index in [1.807, 2.05) is 31.2 Å². The Balaban J connectivity index is 1.94. The minimum absolute atomic E-state index is 0.0409. The molecule has 0 spiro atoms. The molecule has 0 bridgehead atoms. The van der Waals surface area contributed by atoms with E-state index in [-0.39, 0.29) is 12.2 Å². The zero-order chi connectivity index (χ0) is 15.4. The van der Waals surface area contributed by atoms with Crippen molar-refractivity contribution in [1.82, 2.24) is 0 Å². The van der Waals surface area contributed by atoms with Gasteiger partial charge in [0.1, 0.15) is 6.10 Å². The largest absolute Gasteiger partial charge is 0.446 e. The van der Waals surface area contributed by atoms with Crippen LogP contribution in [0.1, 0.15) is 45.6 Å². The van der Waals surface area contributed by atoms with Gasteiger partial charge in [-0.2, -0.15) is 0 Å². The van der Waals surface area contributed by atoms with Crippen LogP contribution in [-0.2, 0) is 4.74 Å². The summed E-state index contributed by atoms with van der Waals surface area (Å²) in [4.78, 5) is 12.1. The van der Waals surface area contributed by atoms with Crippen LogP contribution in [0.15, 0.2) is 24.3 Å². The first-order valence-corrected chi connectivity index (χ1v) is 8.00. The summed E-state index contributed by atoms with van der Waals surface area (Å²) in [5.74, 6) is 1.66. The van der Waals surface area contributed by atoms with Gasteiger partial charge in [-0.3, -0.25) is 5.32 Å². The van der Waals surface area contributed by atoms with E-state index in [4.69, 9.17) is 4.74 Å². The lowest BCUT2D eigenvalue weighted by Crippen LogP contribution is -2.36. The molecule has 1 aliphatic carbocycles. The van der Waals surface area contributed by atoms with Crippen molar-refractivity contribution in [3.8, 4) is 0 Å². The minimum Gasteiger partial charge on any atom is -0.446 e. The van der Waals surface area contributed by atoms with Crippen LogP contribution in [0.25, 0.3) is 0 Å². The second kappa shape index (κ2) is 6.97. The summed E-state index contributed by atoms with van der Waals surface area (Å²) in [5.41, 5.74) is 1.96. The first-order valence-electron chi connectivity index (χ1n) is 8.00. The van der Waals surface area contributed by atoms with Crippen molar-refractivity contribution < 1.29 is 9.53 Å². The van der Waals surface area contributed by atoms with Gasteiger partial charge in [0.2, 0.25) is 0 Å². The monoisotopic (exact) mass is 289 g/mol. The van der Waals surface area contributed by atoms with E-state index in [0.717, 1.165) is 18.5 Å². The first-order chi connectivity index (χ1) is 9.95. The van der Waals surface area contributed by atoms with Crippen LogP contribution >= 0.6 is 0 Å². The number of anilines is 1. The summed E-state index contributed by atoms with van der Waals surface area (Å²) in [5, 5.41) is 2.83. The van der Waals surface area contributed by atoms with Crippen molar-refractivity contribution in [2.45, 2.75) is 53.1 Å². The highest BCUT2D eigenvalue weighted by molar-refractivity contribution is 5.84. The normalized spacial score (nSPS) is 25.7. The van der Waals surface area contributed by atoms with Crippen LogP contribution < -0.4 is 5.32 Å². The standard InChI is InChI=1S/C18H27NO2/c1-12(2)16-10-7-14(4)11-17(16)21-18(20)19-15-8-5-13(3)6-9-15/h5-6,8-9,12,14,16-17H,7,10-11H2,1-4H3,(H,19,20). The van der Waals surface area contributed by atoms with Crippen LogP contribution in [-0.4, -0.2) is 12.2 Å². The predicted molar refractivity (Wildman–Crippen MR) is 86.4 cm³/mol. The number of aryl methyl sites for hydroxylation is 1. The molecule has 0 saturated heterocycles. The van der Waals surface area contributed by atoms with Gasteiger partial charge < -0.3 is 4.74 Å². The summed E-state index contributed by atoms with van der Waals surface area (Å²) >= 11 is 0. The zero-order valence-corrected chi connectivity index (χ0v) is 13.6. The molecule has 3 heteroatoms. The molecule has 116 valence electrons. The molecule has 0 radical (unpaired) electrons. The molecule has 1 fully saturated rings. The van der Waals surface area contributed by atoms with E-state index < -0.39 is 0 Å². The van der Waals surface area contributed by atoms with Gasteiger partial charge in [0.15, 0.2) is 0 Å². The molecule has 0 aliphatic heterocycles. The summed E-state index contributed by atoms with van der Waals surface area (Å²) in [7, 11) is 0. The fourth-order valence-electron chi connectivity index (χ4n) is 3.17. The number of nitrogens with one attached hydrogen (secondary N) is 1. The van der Waals surface area contributed by atoms with E-state index in [1.165, 1.54) is 12.0 Å². The molecule has 1 amide bonds. The summed E-state index contributed by atoms with van der Waals surface area (Å²) in [6.07, 6.45) is 3.08. The van der Waals surface area contributed by atoms with Crippen LogP contribution in [0.2, 0.25) is 0 Å². The minimum atomic E-state index is -0.330. The molecule has 1 aromatic rings. The van der Waals surface area contributed by atoms with Crippen molar-refractivity contribution >= 4 is 11.8 Å². The number of hydrogen-bond donors (Lipinski definition) is 1. The third-order valence-electron chi connectivity index (χ3n) is 4.52. The average molecular weight is 289 g/mol. The fourth-order valence-corrected chi connectivity index (χ4v) is 3.17. The van der Waals surface area contributed by atoms with Gasteiger partial charge in [-0.15, -0.1) is 0 Å². The van der Waals surface area contributed by atoms with E-state index in [9.17, 15) is 4.79 Å². The molecule has 1 aromatic carbocycles. The molecule has 1 aliphatic rings. The van der Waals surface area contributed by atoms with Gasteiger partial charge in [-0.05, 0) is 49.7 Å². The summed E-state index contributed by atoms with van der Waals surface area (Å²) < 4.78 is 5.72. The molecule has 21 heavy (non-hydrogen) atoms. The van der Waals surface area contributed by atoms with Gasteiger partial charge in [-0.1, -0.05) is 44.9 Å². The Morgan fingerprint density at radius 2 is 1.90 bits per heavy atom. The Morgan fingerprint density at radius 3 is 2.52 bits per heavy atom. The number of carbonyl (C=O) groups is 1. The highest BCUT2D eigenvalue weighted by Crippen LogP contribution is 2.35. The molecule has 3 nitrogen and oxygen atoms in total. The van der Waals surface area contributed by atoms with Crippen LogP contribution in [0.4, 0.5) is 10.5 Å². The summed E-state index contributed by atoms with van der Waals surface area (Å²) in [6.45, 7) is 8.70. The Bertz CT molecular complexity index is 467. The number of benzene rings is 1. The first kappa shape index (κ1) is 15.9. The maximum atomic E-state index is 12.1. The quantitative estimate of drug-likeness (QED) is 0.850. The molecule has 0 aromatic heterocycles. The lowest BCUT2D eigenvalue weighted by Gasteiger charge is -2.36. The number of rotatable bonds is 3. The fraction of sp³-hybridized carbons (Fsp3) is 0.611. The Kier molecular flexibility index (Phi) is 5.27. The van der Waals surface area contributed by atoms with Crippen molar-refractivity contribution in [1.29, 1.82) is 0 Å². The van der Waals surface area contributed by atoms with Gasteiger partial charge >= 0.3 is 6.09 Å². The second-order valence-corrected chi connectivity index (χ2v) is 6.76. The number of amides is 1. The predicted octanol–water partition coefficient (Wildman–Crippen LogP) is 5.00. The zero-order valence-electron chi connectivity index (χ0n) is 13.6. The van der Waals surface area contributed by atoms with Gasteiger partial charge in [0, 0.05) is 5.69 Å². The summed E-state index contributed by atoms with van der Waals surface area (Å²) in [6, 6.07) is 7.77. The Labute approximate surface area is 128 Å². The lowest BCUT2D eigenvalue weighted by molar-refractivity contribution is 0.0126. The molecular weight excluding hydrogens is 262 g/mol. The van der Waals surface area contributed by atoms with Crippen molar-refractivity contribution in [3.05, 3.63) is 29.8 Å². The van der Waals surface area contributed by atoms with Crippen LogP contribution in [0.3, 0.4) is 0 Å². The second-order valence-electron chi connectivity index (χ2n) is 6.76. The molecule has 1 N–H and O–H groups in total. The topological polar surface area (TPSA) is 38.3 Å². The average Bonchev–Trinajstić information content (AvgIpc) is 2.41. The van der Waals surface area contributed by atoms with E-state index in [0.29, 0.717) is 17.8 Å². The third kappa shape index (κ3) is 4.48. The molecule has 1 saturated carbocycles. The lowest BCUT2D eigenvalue weighted by atomic mass is 9.75. The smallest absolute Gasteiger partial charge is 0.411 e. The number of hydrogen-bond acceptors (Lipinski definition) is 2. The van der Waals surface area contributed by atoms with Gasteiger partial charge in [0.05, 0.1) is 0 Å². The molecule has 2 rings (SSSR count). The van der Waals surface area contributed by atoms with E-state index in [2.05, 4.69) is 26.1 Å².